The van der Waals surface area contributed by atoms with Crippen LogP contribution in [0.5, 0.6) is 11.5 Å². The maximum atomic E-state index is 9.18. The molecule has 0 heterocycles. The van der Waals surface area contributed by atoms with Crippen molar-refractivity contribution in [2.45, 2.75) is 19.6 Å². The largest absolute Gasteiger partial charge is 0.491 e. The minimum Gasteiger partial charge on any atom is -0.491 e. The molecule has 0 fully saturated rings. The number of rotatable bonds is 6. The third kappa shape index (κ3) is 4.64. The van der Waals surface area contributed by atoms with E-state index in [-0.39, 0.29) is 6.61 Å². The zero-order chi connectivity index (χ0) is 13.5. The Morgan fingerprint density at radius 3 is 2.32 bits per heavy atom. The smallest absolute Gasteiger partial charge is 0.123 e. The van der Waals surface area contributed by atoms with Crippen molar-refractivity contribution in [1.29, 1.82) is 0 Å². The van der Waals surface area contributed by atoms with Crippen LogP contribution in [0.2, 0.25) is 0 Å². The van der Waals surface area contributed by atoms with E-state index >= 15 is 0 Å². The molecule has 2 aromatic carbocycles. The van der Waals surface area contributed by atoms with Crippen LogP contribution in [0.3, 0.4) is 0 Å². The highest BCUT2D eigenvalue weighted by Crippen LogP contribution is 2.20. The number of ether oxygens (including phenoxy) is 2. The molecule has 2 rings (SSSR count). The molecule has 0 amide bonds. The number of hydrogen-bond acceptors (Lipinski definition) is 3. The molecule has 100 valence electrons. The van der Waals surface area contributed by atoms with Gasteiger partial charge in [0, 0.05) is 6.07 Å². The number of aliphatic hydroxyl groups is 1. The number of hydrogen-bond donors (Lipinski definition) is 1. The van der Waals surface area contributed by atoms with Crippen LogP contribution in [0.15, 0.2) is 54.6 Å². The summed E-state index contributed by atoms with van der Waals surface area (Å²) < 4.78 is 11.1. The van der Waals surface area contributed by atoms with Crippen molar-refractivity contribution in [3.8, 4) is 11.5 Å². The van der Waals surface area contributed by atoms with Crippen LogP contribution in [0.25, 0.3) is 0 Å². The molecule has 0 saturated carbocycles. The highest BCUT2D eigenvalue weighted by atomic mass is 16.5. The van der Waals surface area contributed by atoms with Crippen molar-refractivity contribution in [3.63, 3.8) is 0 Å². The van der Waals surface area contributed by atoms with Gasteiger partial charge in [0.05, 0.1) is 6.10 Å². The summed E-state index contributed by atoms with van der Waals surface area (Å²) in [7, 11) is 0. The average molecular weight is 258 g/mol. The molecule has 3 nitrogen and oxygen atoms in total. The van der Waals surface area contributed by atoms with Gasteiger partial charge >= 0.3 is 0 Å². The molecule has 1 N–H and O–H groups in total. The van der Waals surface area contributed by atoms with Crippen molar-refractivity contribution in [2.75, 3.05) is 6.61 Å². The van der Waals surface area contributed by atoms with Gasteiger partial charge in [-0.2, -0.15) is 0 Å². The van der Waals surface area contributed by atoms with Gasteiger partial charge in [0.2, 0.25) is 0 Å². The standard InChI is InChI=1S/C16H18O3/c1-13(17)11-18-15-8-5-9-16(10-15)19-12-14-6-3-2-4-7-14/h2-10,13,17H,11-12H2,1H3. The van der Waals surface area contributed by atoms with Crippen molar-refractivity contribution < 1.29 is 14.6 Å². The van der Waals surface area contributed by atoms with Crippen LogP contribution in [0, 0.1) is 0 Å². The third-order valence-electron chi connectivity index (χ3n) is 2.55. The van der Waals surface area contributed by atoms with Gasteiger partial charge in [-0.3, -0.25) is 0 Å². The molecule has 0 spiro atoms. The van der Waals surface area contributed by atoms with Gasteiger partial charge < -0.3 is 14.6 Å². The van der Waals surface area contributed by atoms with Gasteiger partial charge in [-0.1, -0.05) is 36.4 Å². The minimum absolute atomic E-state index is 0.280. The van der Waals surface area contributed by atoms with Crippen LogP contribution in [0.1, 0.15) is 12.5 Å². The van der Waals surface area contributed by atoms with Gasteiger partial charge in [-0.25, -0.2) is 0 Å². The molecule has 19 heavy (non-hydrogen) atoms. The second-order valence-corrected chi connectivity index (χ2v) is 4.41. The molecule has 2 aromatic rings. The Labute approximate surface area is 113 Å². The fourth-order valence-electron chi connectivity index (χ4n) is 1.61. The minimum atomic E-state index is -0.478. The summed E-state index contributed by atoms with van der Waals surface area (Å²) in [6.07, 6.45) is -0.478. The maximum absolute atomic E-state index is 9.18. The van der Waals surface area contributed by atoms with Crippen LogP contribution < -0.4 is 9.47 Å². The summed E-state index contributed by atoms with van der Waals surface area (Å²) >= 11 is 0. The molecule has 1 unspecified atom stereocenters. The molecule has 0 aliphatic heterocycles. The van der Waals surface area contributed by atoms with Crippen LogP contribution >= 0.6 is 0 Å². The molecule has 0 radical (unpaired) electrons. The average Bonchev–Trinajstić information content (AvgIpc) is 2.44. The van der Waals surface area contributed by atoms with Crippen LogP contribution in [0.4, 0.5) is 0 Å². The lowest BCUT2D eigenvalue weighted by molar-refractivity contribution is 0.122. The molecule has 0 aromatic heterocycles. The van der Waals surface area contributed by atoms with E-state index in [0.717, 1.165) is 11.3 Å². The van der Waals surface area contributed by atoms with Crippen molar-refractivity contribution >= 4 is 0 Å². The summed E-state index contributed by atoms with van der Waals surface area (Å²) in [6.45, 7) is 2.50. The van der Waals surface area contributed by atoms with E-state index in [1.165, 1.54) is 0 Å². The first-order valence-electron chi connectivity index (χ1n) is 6.32. The summed E-state index contributed by atoms with van der Waals surface area (Å²) in [6, 6.07) is 17.4. The predicted molar refractivity (Wildman–Crippen MR) is 74.4 cm³/mol. The maximum Gasteiger partial charge on any atom is 0.123 e. The van der Waals surface area contributed by atoms with E-state index in [1.807, 2.05) is 54.6 Å². The van der Waals surface area contributed by atoms with E-state index < -0.39 is 6.10 Å². The third-order valence-corrected chi connectivity index (χ3v) is 2.55. The van der Waals surface area contributed by atoms with Crippen molar-refractivity contribution in [3.05, 3.63) is 60.2 Å². The lowest BCUT2D eigenvalue weighted by Gasteiger charge is -2.10. The fourth-order valence-corrected chi connectivity index (χ4v) is 1.61. The summed E-state index contributed by atoms with van der Waals surface area (Å²) in [5.41, 5.74) is 1.12. The monoisotopic (exact) mass is 258 g/mol. The summed E-state index contributed by atoms with van der Waals surface area (Å²) in [5.74, 6) is 1.46. The summed E-state index contributed by atoms with van der Waals surface area (Å²) in [5, 5.41) is 9.18. The van der Waals surface area contributed by atoms with E-state index in [9.17, 15) is 5.11 Å². The highest BCUT2D eigenvalue weighted by molar-refractivity contribution is 5.33. The van der Waals surface area contributed by atoms with E-state index in [1.54, 1.807) is 6.92 Å². The molecule has 1 atom stereocenters. The zero-order valence-electron chi connectivity index (χ0n) is 11.0. The van der Waals surface area contributed by atoms with E-state index in [2.05, 4.69) is 0 Å². The summed E-state index contributed by atoms with van der Waals surface area (Å²) in [4.78, 5) is 0. The predicted octanol–water partition coefficient (Wildman–Crippen LogP) is 3.03. The molecule has 0 saturated heterocycles. The van der Waals surface area contributed by atoms with Crippen molar-refractivity contribution in [2.24, 2.45) is 0 Å². The Morgan fingerprint density at radius 1 is 0.947 bits per heavy atom. The Balaban J connectivity index is 1.91. The highest BCUT2D eigenvalue weighted by Gasteiger charge is 2.01. The Kier molecular flexibility index (Phi) is 4.81. The first kappa shape index (κ1) is 13.4. The molecule has 3 heteroatoms. The molecular weight excluding hydrogens is 240 g/mol. The fraction of sp³-hybridized carbons (Fsp3) is 0.250. The second kappa shape index (κ2) is 6.81. The quantitative estimate of drug-likeness (QED) is 0.865. The van der Waals surface area contributed by atoms with Gasteiger partial charge in [0.25, 0.3) is 0 Å². The van der Waals surface area contributed by atoms with Gasteiger partial charge in [0.15, 0.2) is 0 Å². The lowest BCUT2D eigenvalue weighted by Crippen LogP contribution is -2.12. The normalized spacial score (nSPS) is 11.9. The Morgan fingerprint density at radius 2 is 1.63 bits per heavy atom. The van der Waals surface area contributed by atoms with E-state index in [0.29, 0.717) is 12.4 Å². The van der Waals surface area contributed by atoms with Crippen LogP contribution in [-0.4, -0.2) is 17.8 Å². The molecule has 0 aliphatic rings. The first-order chi connectivity index (χ1) is 9.24. The van der Waals surface area contributed by atoms with Crippen molar-refractivity contribution in [1.82, 2.24) is 0 Å². The van der Waals surface area contributed by atoms with Gasteiger partial charge in [0.1, 0.15) is 24.7 Å². The zero-order valence-corrected chi connectivity index (χ0v) is 11.0. The Bertz CT molecular complexity index is 494. The van der Waals surface area contributed by atoms with E-state index in [4.69, 9.17) is 9.47 Å². The molecule has 0 bridgehead atoms. The number of benzene rings is 2. The molecular formula is C16H18O3. The topological polar surface area (TPSA) is 38.7 Å². The lowest BCUT2D eigenvalue weighted by atomic mass is 10.2. The number of aliphatic hydroxyl groups excluding tert-OH is 1. The SMILES string of the molecule is CC(O)COc1cccc(OCc2ccccc2)c1. The second-order valence-electron chi connectivity index (χ2n) is 4.41. The Hall–Kier alpha value is -2.00. The van der Waals surface area contributed by atoms with Gasteiger partial charge in [-0.15, -0.1) is 0 Å². The first-order valence-corrected chi connectivity index (χ1v) is 6.32. The van der Waals surface area contributed by atoms with Crippen LogP contribution in [-0.2, 0) is 6.61 Å². The van der Waals surface area contributed by atoms with Gasteiger partial charge in [-0.05, 0) is 24.6 Å². The molecule has 0 aliphatic carbocycles.